The Kier molecular flexibility index (Phi) is 4.89. The standard InChI is InChI=1S/C17H19N3O4S/c1-24-15-5-2-12(3-6-15)19-13-4-7-16(18-10-13)17(21)20-14-8-9-25(22,23)11-14/h2-7,10,14,19H,8-9,11H2,1H3,(H,20,21). The van der Waals surface area contributed by atoms with Gasteiger partial charge in [-0.05, 0) is 42.8 Å². The number of hydrogen-bond acceptors (Lipinski definition) is 6. The summed E-state index contributed by atoms with van der Waals surface area (Å²) in [6, 6.07) is 10.4. The van der Waals surface area contributed by atoms with Gasteiger partial charge in [0.05, 0.1) is 30.5 Å². The van der Waals surface area contributed by atoms with Crippen molar-refractivity contribution in [1.29, 1.82) is 0 Å². The highest BCUT2D eigenvalue weighted by Crippen LogP contribution is 2.19. The molecule has 1 aromatic heterocycles. The van der Waals surface area contributed by atoms with Gasteiger partial charge in [-0.1, -0.05) is 0 Å². The molecule has 1 unspecified atom stereocenters. The minimum absolute atomic E-state index is 0.00412. The van der Waals surface area contributed by atoms with Crippen LogP contribution in [0.4, 0.5) is 11.4 Å². The summed E-state index contributed by atoms with van der Waals surface area (Å²) in [5.74, 6) is 0.522. The average molecular weight is 361 g/mol. The number of benzene rings is 1. The second kappa shape index (κ2) is 7.10. The normalized spacial score (nSPS) is 18.5. The summed E-state index contributed by atoms with van der Waals surface area (Å²) in [7, 11) is -1.42. The van der Waals surface area contributed by atoms with E-state index in [1.165, 1.54) is 0 Å². The first kappa shape index (κ1) is 17.2. The molecule has 1 saturated heterocycles. The van der Waals surface area contributed by atoms with Crippen molar-refractivity contribution in [1.82, 2.24) is 10.3 Å². The summed E-state index contributed by atoms with van der Waals surface area (Å²) in [5, 5.41) is 5.89. The molecule has 1 aliphatic rings. The predicted molar refractivity (Wildman–Crippen MR) is 95.0 cm³/mol. The lowest BCUT2D eigenvalue weighted by Crippen LogP contribution is -2.36. The smallest absolute Gasteiger partial charge is 0.270 e. The summed E-state index contributed by atoms with van der Waals surface area (Å²) in [4.78, 5) is 16.3. The Morgan fingerprint density at radius 2 is 1.88 bits per heavy atom. The molecule has 1 aliphatic heterocycles. The van der Waals surface area contributed by atoms with E-state index in [0.717, 1.165) is 17.1 Å². The van der Waals surface area contributed by atoms with Gasteiger partial charge < -0.3 is 15.4 Å². The monoisotopic (exact) mass is 361 g/mol. The van der Waals surface area contributed by atoms with Crippen LogP contribution in [-0.4, -0.2) is 44.0 Å². The zero-order chi connectivity index (χ0) is 17.9. The summed E-state index contributed by atoms with van der Waals surface area (Å²) in [5.41, 5.74) is 1.87. The molecule has 2 heterocycles. The maximum atomic E-state index is 12.1. The molecule has 2 aromatic rings. The number of carbonyl (C=O) groups is 1. The van der Waals surface area contributed by atoms with Crippen molar-refractivity contribution >= 4 is 27.1 Å². The van der Waals surface area contributed by atoms with E-state index in [1.807, 2.05) is 24.3 Å². The number of carbonyl (C=O) groups excluding carboxylic acids is 1. The fraction of sp³-hybridized carbons (Fsp3) is 0.294. The van der Waals surface area contributed by atoms with Gasteiger partial charge in [-0.25, -0.2) is 13.4 Å². The Morgan fingerprint density at radius 1 is 1.16 bits per heavy atom. The van der Waals surface area contributed by atoms with E-state index in [-0.39, 0.29) is 29.1 Å². The third-order valence-corrected chi connectivity index (χ3v) is 5.71. The summed E-state index contributed by atoms with van der Waals surface area (Å²) in [6.45, 7) is 0. The summed E-state index contributed by atoms with van der Waals surface area (Å²) < 4.78 is 28.0. The van der Waals surface area contributed by atoms with Crippen LogP contribution in [0.2, 0.25) is 0 Å². The number of ether oxygens (including phenoxy) is 1. The first-order valence-electron chi connectivity index (χ1n) is 7.83. The van der Waals surface area contributed by atoms with Crippen LogP contribution in [0.3, 0.4) is 0 Å². The number of hydrogen-bond donors (Lipinski definition) is 2. The molecule has 3 rings (SSSR count). The zero-order valence-electron chi connectivity index (χ0n) is 13.7. The van der Waals surface area contributed by atoms with E-state index in [4.69, 9.17) is 4.74 Å². The van der Waals surface area contributed by atoms with Crippen molar-refractivity contribution in [2.45, 2.75) is 12.5 Å². The van der Waals surface area contributed by atoms with Gasteiger partial charge in [0.25, 0.3) is 5.91 Å². The molecule has 7 nitrogen and oxygen atoms in total. The minimum atomic E-state index is -3.02. The molecule has 0 aliphatic carbocycles. The first-order chi connectivity index (χ1) is 11.9. The van der Waals surface area contributed by atoms with Crippen molar-refractivity contribution < 1.29 is 17.9 Å². The van der Waals surface area contributed by atoms with Crippen LogP contribution in [0.15, 0.2) is 42.6 Å². The van der Waals surface area contributed by atoms with Crippen molar-refractivity contribution in [2.24, 2.45) is 0 Å². The number of pyridine rings is 1. The van der Waals surface area contributed by atoms with E-state index >= 15 is 0 Å². The molecular weight excluding hydrogens is 342 g/mol. The Hall–Kier alpha value is -2.61. The van der Waals surface area contributed by atoms with Crippen LogP contribution in [-0.2, 0) is 9.84 Å². The molecule has 0 radical (unpaired) electrons. The Bertz CT molecular complexity index is 848. The molecule has 2 N–H and O–H groups in total. The SMILES string of the molecule is COc1ccc(Nc2ccc(C(=O)NC3CCS(=O)(=O)C3)nc2)cc1. The number of anilines is 2. The van der Waals surface area contributed by atoms with Crippen LogP contribution < -0.4 is 15.4 Å². The number of rotatable bonds is 5. The van der Waals surface area contributed by atoms with Crippen molar-refractivity contribution in [3.63, 3.8) is 0 Å². The fourth-order valence-electron chi connectivity index (χ4n) is 2.61. The predicted octanol–water partition coefficient (Wildman–Crippen LogP) is 1.75. The second-order valence-corrected chi connectivity index (χ2v) is 8.09. The van der Waals surface area contributed by atoms with E-state index < -0.39 is 9.84 Å². The third kappa shape index (κ3) is 4.48. The maximum absolute atomic E-state index is 12.1. The largest absolute Gasteiger partial charge is 0.497 e. The Morgan fingerprint density at radius 3 is 2.44 bits per heavy atom. The highest BCUT2D eigenvalue weighted by molar-refractivity contribution is 7.91. The van der Waals surface area contributed by atoms with Gasteiger partial charge in [-0.2, -0.15) is 0 Å². The van der Waals surface area contributed by atoms with Crippen molar-refractivity contribution in [2.75, 3.05) is 23.9 Å². The molecule has 8 heteroatoms. The number of nitrogens with one attached hydrogen (secondary N) is 2. The third-order valence-electron chi connectivity index (χ3n) is 3.94. The molecule has 0 saturated carbocycles. The molecule has 1 fully saturated rings. The molecule has 1 amide bonds. The molecule has 132 valence electrons. The fourth-order valence-corrected chi connectivity index (χ4v) is 4.28. The lowest BCUT2D eigenvalue weighted by atomic mass is 10.2. The Balaban J connectivity index is 1.60. The quantitative estimate of drug-likeness (QED) is 0.842. The van der Waals surface area contributed by atoms with Crippen LogP contribution in [0.1, 0.15) is 16.9 Å². The number of aromatic nitrogens is 1. The van der Waals surface area contributed by atoms with Gasteiger partial charge in [0.15, 0.2) is 9.84 Å². The van der Waals surface area contributed by atoms with Gasteiger partial charge in [0, 0.05) is 11.7 Å². The highest BCUT2D eigenvalue weighted by atomic mass is 32.2. The van der Waals surface area contributed by atoms with E-state index in [9.17, 15) is 13.2 Å². The van der Waals surface area contributed by atoms with Gasteiger partial charge in [-0.15, -0.1) is 0 Å². The lowest BCUT2D eigenvalue weighted by molar-refractivity contribution is 0.0936. The van der Waals surface area contributed by atoms with E-state index in [0.29, 0.717) is 6.42 Å². The van der Waals surface area contributed by atoms with Crippen LogP contribution in [0.5, 0.6) is 5.75 Å². The summed E-state index contributed by atoms with van der Waals surface area (Å²) in [6.07, 6.45) is 2.01. The molecular formula is C17H19N3O4S. The number of methoxy groups -OCH3 is 1. The molecule has 1 atom stereocenters. The number of amides is 1. The Labute approximate surface area is 146 Å². The second-order valence-electron chi connectivity index (χ2n) is 5.86. The summed E-state index contributed by atoms with van der Waals surface area (Å²) >= 11 is 0. The van der Waals surface area contributed by atoms with Gasteiger partial charge in [-0.3, -0.25) is 4.79 Å². The van der Waals surface area contributed by atoms with Crippen LogP contribution >= 0.6 is 0 Å². The molecule has 1 aromatic carbocycles. The van der Waals surface area contributed by atoms with Gasteiger partial charge in [0.1, 0.15) is 11.4 Å². The zero-order valence-corrected chi connectivity index (χ0v) is 14.5. The van der Waals surface area contributed by atoms with Crippen molar-refractivity contribution in [3.05, 3.63) is 48.3 Å². The van der Waals surface area contributed by atoms with E-state index in [2.05, 4.69) is 15.6 Å². The number of nitrogens with zero attached hydrogens (tertiary/aromatic N) is 1. The van der Waals surface area contributed by atoms with Crippen LogP contribution in [0.25, 0.3) is 0 Å². The van der Waals surface area contributed by atoms with Gasteiger partial charge >= 0.3 is 0 Å². The molecule has 0 bridgehead atoms. The molecule has 25 heavy (non-hydrogen) atoms. The van der Waals surface area contributed by atoms with E-state index in [1.54, 1.807) is 25.4 Å². The van der Waals surface area contributed by atoms with Crippen molar-refractivity contribution in [3.8, 4) is 5.75 Å². The topological polar surface area (TPSA) is 97.4 Å². The average Bonchev–Trinajstić information content (AvgIpc) is 2.94. The lowest BCUT2D eigenvalue weighted by Gasteiger charge is -2.11. The van der Waals surface area contributed by atoms with Crippen LogP contribution in [0, 0.1) is 0 Å². The minimum Gasteiger partial charge on any atom is -0.497 e. The maximum Gasteiger partial charge on any atom is 0.270 e. The number of sulfone groups is 1. The van der Waals surface area contributed by atoms with Gasteiger partial charge in [0.2, 0.25) is 0 Å². The molecule has 0 spiro atoms. The highest BCUT2D eigenvalue weighted by Gasteiger charge is 2.29. The first-order valence-corrected chi connectivity index (χ1v) is 9.66.